The lowest BCUT2D eigenvalue weighted by Gasteiger charge is -2.15. The summed E-state index contributed by atoms with van der Waals surface area (Å²) in [6, 6.07) is 17.2. The molecule has 0 atom stereocenters. The van der Waals surface area contributed by atoms with Gasteiger partial charge in [-0.15, -0.1) is 0 Å². The number of benzene rings is 3. The van der Waals surface area contributed by atoms with Gasteiger partial charge in [-0.3, -0.25) is 14.6 Å². The molecule has 0 amide bonds. The summed E-state index contributed by atoms with van der Waals surface area (Å²) in [7, 11) is 5.05. The van der Waals surface area contributed by atoms with Gasteiger partial charge in [0.15, 0.2) is 0 Å². The topological polar surface area (TPSA) is 121 Å². The zero-order valence-corrected chi connectivity index (χ0v) is 24.7. The minimum absolute atomic E-state index is 0.00537. The Bertz CT molecular complexity index is 1800. The van der Waals surface area contributed by atoms with E-state index in [0.29, 0.717) is 11.1 Å². The Morgan fingerprint density at radius 2 is 1.23 bits per heavy atom. The molecule has 44 heavy (non-hydrogen) atoms. The van der Waals surface area contributed by atoms with Gasteiger partial charge in [-0.2, -0.15) is 0 Å². The average Bonchev–Trinajstić information content (AvgIpc) is 3.00. The van der Waals surface area contributed by atoms with Crippen molar-refractivity contribution in [3.8, 4) is 40.2 Å². The van der Waals surface area contributed by atoms with Crippen LogP contribution in [0.2, 0.25) is 0 Å². The van der Waals surface area contributed by atoms with Gasteiger partial charge in [0.2, 0.25) is 0 Å². The minimum atomic E-state index is -0.779. The van der Waals surface area contributed by atoms with Crippen molar-refractivity contribution < 1.29 is 38.1 Å². The number of esters is 4. The van der Waals surface area contributed by atoms with Crippen molar-refractivity contribution in [2.75, 3.05) is 26.1 Å². The first-order valence-corrected chi connectivity index (χ1v) is 13.2. The Hall–Kier alpha value is -5.95. The van der Waals surface area contributed by atoms with Gasteiger partial charge in [0.25, 0.3) is 0 Å². The van der Waals surface area contributed by atoms with Crippen LogP contribution in [0, 0.1) is 11.8 Å². The second kappa shape index (κ2) is 13.8. The van der Waals surface area contributed by atoms with E-state index in [1.807, 2.05) is 25.1 Å². The fourth-order valence-electron chi connectivity index (χ4n) is 4.20. The van der Waals surface area contributed by atoms with E-state index in [-0.39, 0.29) is 33.9 Å². The summed E-state index contributed by atoms with van der Waals surface area (Å²) in [6.07, 6.45) is 3.39. The van der Waals surface area contributed by atoms with E-state index < -0.39 is 23.9 Å². The lowest BCUT2D eigenvalue weighted by Crippen LogP contribution is -2.13. The predicted molar refractivity (Wildman–Crippen MR) is 162 cm³/mol. The van der Waals surface area contributed by atoms with Crippen molar-refractivity contribution >= 4 is 29.6 Å². The van der Waals surface area contributed by atoms with Crippen molar-refractivity contribution in [3.05, 3.63) is 101 Å². The maximum Gasteiger partial charge on any atom is 0.344 e. The fraction of sp³-hybridized carbons (Fsp3) is 0.147. The van der Waals surface area contributed by atoms with Gasteiger partial charge in [-0.05, 0) is 77.9 Å². The molecule has 0 N–H and O–H groups in total. The number of aromatic nitrogens is 1. The van der Waals surface area contributed by atoms with Crippen LogP contribution in [0.4, 0.5) is 5.69 Å². The molecule has 4 rings (SSSR count). The van der Waals surface area contributed by atoms with Crippen LogP contribution in [-0.2, 0) is 14.3 Å². The van der Waals surface area contributed by atoms with Gasteiger partial charge < -0.3 is 23.8 Å². The fourth-order valence-corrected chi connectivity index (χ4v) is 4.20. The van der Waals surface area contributed by atoms with Gasteiger partial charge in [0.1, 0.15) is 17.2 Å². The molecule has 0 spiro atoms. The minimum Gasteiger partial charge on any atom is -0.465 e. The quantitative estimate of drug-likeness (QED) is 0.163. The summed E-state index contributed by atoms with van der Waals surface area (Å²) in [5.41, 5.74) is 3.01. The molecule has 0 saturated heterocycles. The van der Waals surface area contributed by atoms with E-state index in [1.54, 1.807) is 36.7 Å². The van der Waals surface area contributed by atoms with Gasteiger partial charge in [0.05, 0.1) is 29.5 Å². The predicted octanol–water partition coefficient (Wildman–Crippen LogP) is 5.07. The van der Waals surface area contributed by atoms with Crippen LogP contribution in [0.25, 0.3) is 11.1 Å². The first-order valence-electron chi connectivity index (χ1n) is 13.2. The molecule has 4 aromatic rings. The zero-order chi connectivity index (χ0) is 31.8. The Morgan fingerprint density at radius 1 is 0.682 bits per heavy atom. The number of methoxy groups -OCH3 is 1. The molecule has 10 heteroatoms. The number of rotatable bonds is 7. The SMILES string of the molecule is COC(=O)c1cc(OC(C)=O)ccc1-c1ccc(OC(C)=O)cc1C(=O)Oc1ccc(C#Cc2cnccc2N(C)C)cc1. The molecular weight excluding hydrogens is 564 g/mol. The number of hydrogen-bond acceptors (Lipinski definition) is 10. The summed E-state index contributed by atoms with van der Waals surface area (Å²) in [6.45, 7) is 2.46. The highest BCUT2D eigenvalue weighted by molar-refractivity contribution is 6.04. The average molecular weight is 593 g/mol. The maximum atomic E-state index is 13.5. The van der Waals surface area contributed by atoms with Crippen LogP contribution in [-0.4, -0.2) is 50.1 Å². The van der Waals surface area contributed by atoms with Crippen LogP contribution >= 0.6 is 0 Å². The highest BCUT2D eigenvalue weighted by Gasteiger charge is 2.23. The number of carbonyl (C=O) groups excluding carboxylic acids is 4. The highest BCUT2D eigenvalue weighted by Crippen LogP contribution is 2.34. The van der Waals surface area contributed by atoms with Gasteiger partial charge in [0, 0.05) is 45.9 Å². The summed E-state index contributed by atoms with van der Waals surface area (Å²) >= 11 is 0. The normalized spacial score (nSPS) is 10.1. The van der Waals surface area contributed by atoms with E-state index in [1.165, 1.54) is 57.4 Å². The monoisotopic (exact) mass is 592 g/mol. The van der Waals surface area contributed by atoms with Crippen LogP contribution in [0.1, 0.15) is 45.7 Å². The van der Waals surface area contributed by atoms with E-state index in [9.17, 15) is 19.2 Å². The standard InChI is InChI=1S/C34H28N2O8/c1-21(37)42-26-12-14-28(30(18-26)33(39)41-5)29-15-13-27(43-22(2)38)19-31(29)34(40)44-25-10-7-23(8-11-25)6-9-24-20-35-17-16-32(24)36(3)4/h7-8,10-20H,1-5H3. The van der Waals surface area contributed by atoms with E-state index in [4.69, 9.17) is 18.9 Å². The molecule has 1 heterocycles. The van der Waals surface area contributed by atoms with E-state index in [2.05, 4.69) is 16.8 Å². The molecule has 0 aliphatic carbocycles. The maximum absolute atomic E-state index is 13.5. The highest BCUT2D eigenvalue weighted by atomic mass is 16.5. The third-order valence-electron chi connectivity index (χ3n) is 6.11. The molecule has 0 aliphatic heterocycles. The van der Waals surface area contributed by atoms with Crippen molar-refractivity contribution in [2.24, 2.45) is 0 Å². The van der Waals surface area contributed by atoms with Crippen molar-refractivity contribution in [1.82, 2.24) is 4.98 Å². The molecule has 0 radical (unpaired) electrons. The molecule has 10 nitrogen and oxygen atoms in total. The van der Waals surface area contributed by atoms with Crippen LogP contribution in [0.5, 0.6) is 17.2 Å². The molecule has 0 bridgehead atoms. The molecular formula is C34H28N2O8. The number of anilines is 1. The van der Waals surface area contributed by atoms with Crippen molar-refractivity contribution in [2.45, 2.75) is 13.8 Å². The Balaban J connectivity index is 1.68. The Morgan fingerprint density at radius 3 is 1.75 bits per heavy atom. The van der Waals surface area contributed by atoms with Crippen molar-refractivity contribution in [3.63, 3.8) is 0 Å². The number of ether oxygens (including phenoxy) is 4. The van der Waals surface area contributed by atoms with Gasteiger partial charge in [-0.25, -0.2) is 9.59 Å². The van der Waals surface area contributed by atoms with E-state index >= 15 is 0 Å². The van der Waals surface area contributed by atoms with Crippen molar-refractivity contribution in [1.29, 1.82) is 0 Å². The molecule has 0 saturated carbocycles. The van der Waals surface area contributed by atoms with Gasteiger partial charge in [-0.1, -0.05) is 11.8 Å². The molecule has 1 aromatic heterocycles. The summed E-state index contributed by atoms with van der Waals surface area (Å²) < 4.78 is 20.9. The third kappa shape index (κ3) is 7.66. The van der Waals surface area contributed by atoms with Gasteiger partial charge >= 0.3 is 23.9 Å². The van der Waals surface area contributed by atoms with Crippen LogP contribution < -0.4 is 19.1 Å². The lowest BCUT2D eigenvalue weighted by molar-refractivity contribution is -0.132. The number of hydrogen-bond donors (Lipinski definition) is 0. The number of pyridine rings is 1. The second-order valence-corrected chi connectivity index (χ2v) is 9.54. The molecule has 3 aromatic carbocycles. The smallest absolute Gasteiger partial charge is 0.344 e. The second-order valence-electron chi connectivity index (χ2n) is 9.54. The first kappa shape index (κ1) is 31.0. The summed E-state index contributed by atoms with van der Waals surface area (Å²) in [5, 5.41) is 0. The molecule has 0 fully saturated rings. The molecule has 0 unspecified atom stereocenters. The third-order valence-corrected chi connectivity index (χ3v) is 6.11. The number of carbonyl (C=O) groups is 4. The summed E-state index contributed by atoms with van der Waals surface area (Å²) in [4.78, 5) is 55.4. The van der Waals surface area contributed by atoms with Crippen LogP contribution in [0.15, 0.2) is 79.1 Å². The van der Waals surface area contributed by atoms with E-state index in [0.717, 1.165) is 11.3 Å². The lowest BCUT2D eigenvalue weighted by atomic mass is 9.94. The Labute approximate surface area is 254 Å². The Kier molecular flexibility index (Phi) is 9.73. The molecule has 222 valence electrons. The van der Waals surface area contributed by atoms with Crippen LogP contribution in [0.3, 0.4) is 0 Å². The summed E-state index contributed by atoms with van der Waals surface area (Å²) in [5.74, 6) is 3.98. The first-order chi connectivity index (χ1) is 21.0. The number of nitrogens with zero attached hydrogens (tertiary/aromatic N) is 2. The largest absolute Gasteiger partial charge is 0.465 e. The molecule has 0 aliphatic rings. The zero-order valence-electron chi connectivity index (χ0n) is 24.7.